The van der Waals surface area contributed by atoms with Crippen LogP contribution in [-0.2, 0) is 4.79 Å². The molecule has 0 aliphatic carbocycles. The third kappa shape index (κ3) is 3.52. The van der Waals surface area contributed by atoms with E-state index in [-0.39, 0.29) is 11.1 Å². The van der Waals surface area contributed by atoms with Crippen LogP contribution < -0.4 is 16.0 Å². The van der Waals surface area contributed by atoms with Gasteiger partial charge >= 0.3 is 6.03 Å². The molecule has 128 valence electrons. The first-order valence-corrected chi connectivity index (χ1v) is 7.86. The standard InChI is InChI=1S/C19H18FN3O2/c1-11-7-9-13(10-8-11)22-18(24)16-12(2)21-19(25)23-17(16)14-5-3-4-6-15(14)20/h3-10,17H,1-2H3,(H,22,24)(H2,21,23,25)/t17-/m1/s1. The number of aryl methyl sites for hydroxylation is 1. The molecule has 2 aromatic carbocycles. The lowest BCUT2D eigenvalue weighted by atomic mass is 9.94. The first-order valence-electron chi connectivity index (χ1n) is 7.86. The zero-order chi connectivity index (χ0) is 18.0. The molecule has 3 amide bonds. The maximum Gasteiger partial charge on any atom is 0.319 e. The van der Waals surface area contributed by atoms with Crippen molar-refractivity contribution in [2.24, 2.45) is 0 Å². The Morgan fingerprint density at radius 2 is 1.76 bits per heavy atom. The van der Waals surface area contributed by atoms with Gasteiger partial charge in [-0.25, -0.2) is 9.18 Å². The molecule has 2 aromatic rings. The fourth-order valence-electron chi connectivity index (χ4n) is 2.77. The average Bonchev–Trinajstić information content (AvgIpc) is 2.56. The minimum absolute atomic E-state index is 0.241. The van der Waals surface area contributed by atoms with Gasteiger partial charge in [0.1, 0.15) is 5.82 Å². The largest absolute Gasteiger partial charge is 0.327 e. The van der Waals surface area contributed by atoms with Crippen LogP contribution in [0.1, 0.15) is 24.1 Å². The summed E-state index contributed by atoms with van der Waals surface area (Å²) in [7, 11) is 0. The number of urea groups is 1. The van der Waals surface area contributed by atoms with Crippen molar-refractivity contribution in [2.45, 2.75) is 19.9 Å². The number of allylic oxidation sites excluding steroid dienone is 1. The molecule has 0 radical (unpaired) electrons. The maximum atomic E-state index is 14.2. The van der Waals surface area contributed by atoms with Gasteiger partial charge in [0.05, 0.1) is 11.6 Å². The molecule has 0 aromatic heterocycles. The van der Waals surface area contributed by atoms with E-state index in [4.69, 9.17) is 0 Å². The molecule has 3 N–H and O–H groups in total. The molecule has 1 aliphatic rings. The minimum atomic E-state index is -0.861. The Morgan fingerprint density at radius 1 is 1.08 bits per heavy atom. The van der Waals surface area contributed by atoms with Crippen molar-refractivity contribution < 1.29 is 14.0 Å². The molecule has 0 spiro atoms. The number of benzene rings is 2. The van der Waals surface area contributed by atoms with Gasteiger partial charge < -0.3 is 16.0 Å². The van der Waals surface area contributed by atoms with Crippen LogP contribution in [0.15, 0.2) is 59.8 Å². The van der Waals surface area contributed by atoms with Gasteiger partial charge in [-0.1, -0.05) is 35.9 Å². The van der Waals surface area contributed by atoms with Crippen LogP contribution in [0.3, 0.4) is 0 Å². The van der Waals surface area contributed by atoms with E-state index in [1.165, 1.54) is 6.07 Å². The molecule has 3 rings (SSSR count). The Balaban J connectivity index is 1.96. The monoisotopic (exact) mass is 339 g/mol. The number of hydrogen-bond acceptors (Lipinski definition) is 2. The summed E-state index contributed by atoms with van der Waals surface area (Å²) >= 11 is 0. The Bertz CT molecular complexity index is 859. The van der Waals surface area contributed by atoms with Crippen LogP contribution in [-0.4, -0.2) is 11.9 Å². The first kappa shape index (κ1) is 16.7. The van der Waals surface area contributed by atoms with Gasteiger partial charge in [0, 0.05) is 16.9 Å². The SMILES string of the molecule is CC1=C(C(=O)Nc2ccc(C)cc2)[C@@H](c2ccccc2F)NC(=O)N1. The summed E-state index contributed by atoms with van der Waals surface area (Å²) in [6.07, 6.45) is 0. The summed E-state index contributed by atoms with van der Waals surface area (Å²) in [6, 6.07) is 12.1. The van der Waals surface area contributed by atoms with E-state index >= 15 is 0 Å². The highest BCUT2D eigenvalue weighted by atomic mass is 19.1. The number of amides is 3. The van der Waals surface area contributed by atoms with Gasteiger partial charge in [-0.3, -0.25) is 4.79 Å². The highest BCUT2D eigenvalue weighted by Gasteiger charge is 2.32. The molecule has 0 saturated carbocycles. The normalized spacial score (nSPS) is 16.9. The predicted octanol–water partition coefficient (Wildman–Crippen LogP) is 3.40. The molecular formula is C19H18FN3O2. The Labute approximate surface area is 144 Å². The fraction of sp³-hybridized carbons (Fsp3) is 0.158. The molecule has 25 heavy (non-hydrogen) atoms. The van der Waals surface area contributed by atoms with Gasteiger partial charge in [-0.2, -0.15) is 0 Å². The number of halogens is 1. The van der Waals surface area contributed by atoms with Crippen LogP contribution in [0.2, 0.25) is 0 Å². The number of rotatable bonds is 3. The molecule has 0 unspecified atom stereocenters. The summed E-state index contributed by atoms with van der Waals surface area (Å²) in [5.74, 6) is -0.884. The highest BCUT2D eigenvalue weighted by Crippen LogP contribution is 2.29. The molecule has 6 heteroatoms. The Morgan fingerprint density at radius 3 is 2.44 bits per heavy atom. The highest BCUT2D eigenvalue weighted by molar-refractivity contribution is 6.06. The molecule has 1 aliphatic heterocycles. The predicted molar refractivity (Wildman–Crippen MR) is 93.3 cm³/mol. The smallest absolute Gasteiger partial charge is 0.319 e. The summed E-state index contributed by atoms with van der Waals surface area (Å²) < 4.78 is 14.2. The lowest BCUT2D eigenvalue weighted by Gasteiger charge is -2.28. The second-order valence-electron chi connectivity index (χ2n) is 5.91. The third-order valence-electron chi connectivity index (χ3n) is 4.04. The lowest BCUT2D eigenvalue weighted by Crippen LogP contribution is -2.46. The number of nitrogens with one attached hydrogen (secondary N) is 3. The van der Waals surface area contributed by atoms with E-state index in [0.29, 0.717) is 11.4 Å². The minimum Gasteiger partial charge on any atom is -0.327 e. The molecular weight excluding hydrogens is 321 g/mol. The number of carbonyl (C=O) groups excluding carboxylic acids is 2. The molecule has 0 saturated heterocycles. The molecule has 1 atom stereocenters. The zero-order valence-electron chi connectivity index (χ0n) is 13.9. The van der Waals surface area contributed by atoms with Gasteiger partial charge in [0.2, 0.25) is 0 Å². The average molecular weight is 339 g/mol. The third-order valence-corrected chi connectivity index (χ3v) is 4.04. The van der Waals surface area contributed by atoms with Gasteiger partial charge in [0.25, 0.3) is 5.91 Å². The van der Waals surface area contributed by atoms with E-state index < -0.39 is 23.8 Å². The van der Waals surface area contributed by atoms with Crippen LogP contribution in [0, 0.1) is 12.7 Å². The molecule has 0 fully saturated rings. The van der Waals surface area contributed by atoms with Gasteiger partial charge in [0.15, 0.2) is 0 Å². The van der Waals surface area contributed by atoms with Crippen molar-refractivity contribution in [2.75, 3.05) is 5.32 Å². The van der Waals surface area contributed by atoms with Crippen molar-refractivity contribution in [3.63, 3.8) is 0 Å². The Kier molecular flexibility index (Phi) is 4.52. The summed E-state index contributed by atoms with van der Waals surface area (Å²) in [5.41, 5.74) is 2.60. The number of hydrogen-bond donors (Lipinski definition) is 3. The van der Waals surface area contributed by atoms with Crippen molar-refractivity contribution in [1.29, 1.82) is 0 Å². The zero-order valence-corrected chi connectivity index (χ0v) is 13.9. The second kappa shape index (κ2) is 6.76. The van der Waals surface area contributed by atoms with Crippen molar-refractivity contribution >= 4 is 17.6 Å². The van der Waals surface area contributed by atoms with Crippen molar-refractivity contribution in [3.8, 4) is 0 Å². The number of anilines is 1. The van der Waals surface area contributed by atoms with Crippen molar-refractivity contribution in [1.82, 2.24) is 10.6 Å². The molecule has 0 bridgehead atoms. The maximum absolute atomic E-state index is 14.2. The van der Waals surface area contributed by atoms with Crippen molar-refractivity contribution in [3.05, 3.63) is 76.7 Å². The van der Waals surface area contributed by atoms with E-state index in [2.05, 4.69) is 16.0 Å². The van der Waals surface area contributed by atoms with E-state index in [9.17, 15) is 14.0 Å². The van der Waals surface area contributed by atoms with Crippen LogP contribution in [0.4, 0.5) is 14.9 Å². The van der Waals surface area contributed by atoms with Gasteiger partial charge in [-0.05, 0) is 32.0 Å². The number of carbonyl (C=O) groups is 2. The molecule has 1 heterocycles. The van der Waals surface area contributed by atoms with E-state index in [1.807, 2.05) is 19.1 Å². The van der Waals surface area contributed by atoms with Gasteiger partial charge in [-0.15, -0.1) is 0 Å². The lowest BCUT2D eigenvalue weighted by molar-refractivity contribution is -0.113. The van der Waals surface area contributed by atoms with Crippen LogP contribution in [0.5, 0.6) is 0 Å². The van der Waals surface area contributed by atoms with E-state index in [1.54, 1.807) is 37.3 Å². The Hall–Kier alpha value is -3.15. The molecule has 5 nitrogen and oxygen atoms in total. The fourth-order valence-corrected chi connectivity index (χ4v) is 2.77. The quantitative estimate of drug-likeness (QED) is 0.802. The van der Waals surface area contributed by atoms with E-state index in [0.717, 1.165) is 5.56 Å². The first-order chi connectivity index (χ1) is 12.0. The van der Waals surface area contributed by atoms with Crippen LogP contribution in [0.25, 0.3) is 0 Å². The topological polar surface area (TPSA) is 70.2 Å². The second-order valence-corrected chi connectivity index (χ2v) is 5.91. The van der Waals surface area contributed by atoms with Crippen LogP contribution >= 0.6 is 0 Å². The summed E-state index contributed by atoms with van der Waals surface area (Å²) in [6.45, 7) is 3.57. The summed E-state index contributed by atoms with van der Waals surface area (Å²) in [4.78, 5) is 24.6. The summed E-state index contributed by atoms with van der Waals surface area (Å²) in [5, 5.41) is 7.98.